The van der Waals surface area contributed by atoms with Gasteiger partial charge in [-0.05, 0) is 0 Å². The van der Waals surface area contributed by atoms with Crippen molar-refractivity contribution >= 4 is 6.08 Å². The fourth-order valence-electron chi connectivity index (χ4n) is 0.311. The minimum atomic E-state index is 0.159. The van der Waals surface area contributed by atoms with Crippen molar-refractivity contribution in [3.05, 3.63) is 0 Å². The van der Waals surface area contributed by atoms with E-state index in [9.17, 15) is 4.79 Å². The molecule has 1 aliphatic heterocycles. The number of epoxide rings is 1. The smallest absolute Gasteiger partial charge is 0.276 e. The van der Waals surface area contributed by atoms with Gasteiger partial charge in [0.25, 0.3) is 6.08 Å². The van der Waals surface area contributed by atoms with Crippen molar-refractivity contribution in [3.63, 3.8) is 0 Å². The van der Waals surface area contributed by atoms with Crippen LogP contribution in [-0.4, -0.2) is 25.4 Å². The van der Waals surface area contributed by atoms with Crippen molar-refractivity contribution in [2.45, 2.75) is 6.10 Å². The summed E-state index contributed by atoms with van der Waals surface area (Å²) in [7, 11) is 0. The molecule has 0 amide bonds. The molecule has 1 fully saturated rings. The highest BCUT2D eigenvalue weighted by atomic mass is 16.7. The van der Waals surface area contributed by atoms with Crippen LogP contribution < -0.4 is 0 Å². The number of ether oxygens (including phenoxy) is 1. The molecule has 0 saturated carbocycles. The van der Waals surface area contributed by atoms with E-state index < -0.39 is 0 Å². The lowest BCUT2D eigenvalue weighted by atomic mass is 10.5. The molecule has 0 aromatic rings. The monoisotopic (exact) mass is 115 g/mol. The van der Waals surface area contributed by atoms with Gasteiger partial charge in [0.15, 0.2) is 0 Å². The van der Waals surface area contributed by atoms with E-state index in [0.29, 0.717) is 13.2 Å². The van der Waals surface area contributed by atoms with Gasteiger partial charge in [-0.25, -0.2) is 4.79 Å². The Balaban J connectivity index is 1.95. The molecule has 1 unspecified atom stereocenters. The summed E-state index contributed by atoms with van der Waals surface area (Å²) in [6, 6.07) is 0. The molecule has 4 heteroatoms. The van der Waals surface area contributed by atoms with Gasteiger partial charge in [-0.15, -0.1) is 0 Å². The molecule has 1 rings (SSSR count). The maximum Gasteiger partial charge on any atom is 0.276 e. The van der Waals surface area contributed by atoms with Crippen LogP contribution in [0.25, 0.3) is 0 Å². The van der Waals surface area contributed by atoms with E-state index in [2.05, 4.69) is 9.99 Å². The highest BCUT2D eigenvalue weighted by Crippen LogP contribution is 2.07. The van der Waals surface area contributed by atoms with E-state index in [1.165, 1.54) is 6.08 Å². The zero-order chi connectivity index (χ0) is 5.82. The molecule has 0 spiro atoms. The van der Waals surface area contributed by atoms with Gasteiger partial charge in [0.1, 0.15) is 12.7 Å². The first-order valence-corrected chi connectivity index (χ1v) is 2.24. The van der Waals surface area contributed by atoms with Crippen molar-refractivity contribution in [2.75, 3.05) is 13.2 Å². The second kappa shape index (κ2) is 2.45. The Morgan fingerprint density at radius 2 is 2.75 bits per heavy atom. The minimum absolute atomic E-state index is 0.159. The Morgan fingerprint density at radius 1 is 2.00 bits per heavy atom. The summed E-state index contributed by atoms with van der Waals surface area (Å²) in [4.78, 5) is 13.7. The number of hydrogen-bond acceptors (Lipinski definition) is 4. The molecule has 1 atom stereocenters. The third kappa shape index (κ3) is 1.73. The molecule has 0 aliphatic carbocycles. The lowest BCUT2D eigenvalue weighted by molar-refractivity contribution is 0.124. The molecule has 0 aromatic heterocycles. The molecule has 0 N–H and O–H groups in total. The van der Waals surface area contributed by atoms with Gasteiger partial charge in [-0.2, -0.15) is 0 Å². The van der Waals surface area contributed by atoms with Crippen molar-refractivity contribution < 1.29 is 14.4 Å². The van der Waals surface area contributed by atoms with Crippen LogP contribution >= 0.6 is 0 Å². The molecule has 1 aliphatic rings. The molecule has 0 bridgehead atoms. The number of carbonyl (C=O) groups excluding carboxylic acids is 1. The molecule has 0 radical (unpaired) electrons. The number of rotatable bonds is 3. The Morgan fingerprint density at radius 3 is 3.25 bits per heavy atom. The van der Waals surface area contributed by atoms with Crippen molar-refractivity contribution in [1.29, 1.82) is 0 Å². The molecule has 44 valence electrons. The molecular formula is C4H5NO3. The largest absolute Gasteiger partial charge is 0.383 e. The fraction of sp³-hybridized carbons (Fsp3) is 0.750. The quantitative estimate of drug-likeness (QED) is 0.219. The van der Waals surface area contributed by atoms with Gasteiger partial charge in [-0.3, -0.25) is 0 Å². The number of hydrogen-bond donors (Lipinski definition) is 0. The number of nitrogens with zero attached hydrogens (tertiary/aromatic N) is 1. The Kier molecular flexibility index (Phi) is 1.62. The normalized spacial score (nSPS) is 23.8. The zero-order valence-electron chi connectivity index (χ0n) is 4.16. The van der Waals surface area contributed by atoms with E-state index in [1.54, 1.807) is 0 Å². The predicted molar refractivity (Wildman–Crippen MR) is 23.8 cm³/mol. The lowest BCUT2D eigenvalue weighted by Gasteiger charge is -1.86. The molecule has 4 nitrogen and oxygen atoms in total. The molecule has 1 heterocycles. The van der Waals surface area contributed by atoms with E-state index in [1.807, 2.05) is 0 Å². The third-order valence-electron chi connectivity index (χ3n) is 0.765. The number of isocyanates is 1. The van der Waals surface area contributed by atoms with Crippen LogP contribution in [0.15, 0.2) is 5.16 Å². The van der Waals surface area contributed by atoms with E-state index in [-0.39, 0.29) is 6.10 Å². The zero-order valence-corrected chi connectivity index (χ0v) is 4.16. The average molecular weight is 115 g/mol. The summed E-state index contributed by atoms with van der Waals surface area (Å²) >= 11 is 0. The molecule has 8 heavy (non-hydrogen) atoms. The second-order valence-electron chi connectivity index (χ2n) is 1.43. The van der Waals surface area contributed by atoms with E-state index >= 15 is 0 Å². The topological polar surface area (TPSA) is 51.2 Å². The maximum atomic E-state index is 9.35. The van der Waals surface area contributed by atoms with E-state index in [0.717, 1.165) is 0 Å². The van der Waals surface area contributed by atoms with Gasteiger partial charge in [0.2, 0.25) is 0 Å². The summed E-state index contributed by atoms with van der Waals surface area (Å²) in [6.07, 6.45) is 1.41. The Hall–Kier alpha value is -0.860. The summed E-state index contributed by atoms with van der Waals surface area (Å²) in [5.74, 6) is 0. The molecule has 1 saturated heterocycles. The van der Waals surface area contributed by atoms with Crippen LogP contribution in [0.3, 0.4) is 0 Å². The van der Waals surface area contributed by atoms with Gasteiger partial charge < -0.3 is 9.57 Å². The van der Waals surface area contributed by atoms with Crippen LogP contribution in [0.1, 0.15) is 0 Å². The highest BCUT2D eigenvalue weighted by molar-refractivity contribution is 5.31. The van der Waals surface area contributed by atoms with Crippen LogP contribution in [0, 0.1) is 0 Å². The van der Waals surface area contributed by atoms with Gasteiger partial charge >= 0.3 is 0 Å². The van der Waals surface area contributed by atoms with Crippen LogP contribution in [0.2, 0.25) is 0 Å². The predicted octanol–water partition coefficient (Wildman–Crippen LogP) is -0.347. The van der Waals surface area contributed by atoms with Crippen molar-refractivity contribution in [1.82, 2.24) is 0 Å². The van der Waals surface area contributed by atoms with Crippen LogP contribution in [0.4, 0.5) is 0 Å². The summed E-state index contributed by atoms with van der Waals surface area (Å²) in [5.41, 5.74) is 0. The average Bonchev–Trinajstić information content (AvgIpc) is 2.51. The van der Waals surface area contributed by atoms with Crippen molar-refractivity contribution in [3.8, 4) is 0 Å². The standard InChI is InChI=1S/C4H5NO3/c6-3-5-8-2-4-1-7-4/h4H,1-2H2. The SMILES string of the molecule is O=C=NOCC1CO1. The van der Waals surface area contributed by atoms with E-state index in [4.69, 9.17) is 4.74 Å². The third-order valence-corrected chi connectivity index (χ3v) is 0.765. The first-order chi connectivity index (χ1) is 3.93. The first-order valence-electron chi connectivity index (χ1n) is 2.24. The summed E-state index contributed by atoms with van der Waals surface area (Å²) in [5, 5.41) is 2.87. The van der Waals surface area contributed by atoms with Crippen LogP contribution in [-0.2, 0) is 14.4 Å². The Labute approximate surface area is 46.1 Å². The Bertz CT molecular complexity index is 114. The minimum Gasteiger partial charge on any atom is -0.383 e. The fourth-order valence-corrected chi connectivity index (χ4v) is 0.311. The summed E-state index contributed by atoms with van der Waals surface area (Å²) < 4.78 is 4.74. The molecule has 0 aromatic carbocycles. The highest BCUT2D eigenvalue weighted by Gasteiger charge is 2.22. The lowest BCUT2D eigenvalue weighted by Crippen LogP contribution is -1.94. The second-order valence-corrected chi connectivity index (χ2v) is 1.43. The maximum absolute atomic E-state index is 9.35. The van der Waals surface area contributed by atoms with Gasteiger partial charge in [0, 0.05) is 5.16 Å². The van der Waals surface area contributed by atoms with Gasteiger partial charge in [0.05, 0.1) is 6.61 Å². The first kappa shape index (κ1) is 5.28. The van der Waals surface area contributed by atoms with Gasteiger partial charge in [-0.1, -0.05) is 0 Å². The van der Waals surface area contributed by atoms with Crippen LogP contribution in [0.5, 0.6) is 0 Å². The summed E-state index contributed by atoms with van der Waals surface area (Å²) in [6.45, 7) is 1.09. The van der Waals surface area contributed by atoms with Crippen molar-refractivity contribution in [2.24, 2.45) is 5.16 Å². The molecular weight excluding hydrogens is 110 g/mol.